The van der Waals surface area contributed by atoms with Crippen molar-refractivity contribution in [1.82, 2.24) is 19.6 Å². The molecule has 6 nitrogen and oxygen atoms in total. The van der Waals surface area contributed by atoms with Crippen molar-refractivity contribution in [3.05, 3.63) is 34.4 Å². The monoisotopic (exact) mass is 282 g/mol. The molecule has 0 spiro atoms. The molecule has 19 heavy (non-hydrogen) atoms. The fraction of sp³-hybridized carbons (Fsp3) is 0.417. The van der Waals surface area contributed by atoms with Crippen LogP contribution in [0.15, 0.2) is 12.3 Å². The summed E-state index contributed by atoms with van der Waals surface area (Å²) in [5.41, 5.74) is 1.93. The van der Waals surface area contributed by atoms with Gasteiger partial charge >= 0.3 is 5.97 Å². The van der Waals surface area contributed by atoms with Crippen LogP contribution in [0.2, 0.25) is 5.02 Å². The maximum absolute atomic E-state index is 11.5. The van der Waals surface area contributed by atoms with Gasteiger partial charge in [-0.3, -0.25) is 4.68 Å². The van der Waals surface area contributed by atoms with Crippen LogP contribution in [0.5, 0.6) is 0 Å². The number of carbonyl (C=O) groups excluding carboxylic acids is 1. The van der Waals surface area contributed by atoms with E-state index in [0.717, 1.165) is 11.4 Å². The average molecular weight is 283 g/mol. The Balaban J connectivity index is 2.16. The van der Waals surface area contributed by atoms with Gasteiger partial charge in [0.1, 0.15) is 6.67 Å². The lowest BCUT2D eigenvalue weighted by molar-refractivity contribution is 0.0518. The van der Waals surface area contributed by atoms with E-state index in [2.05, 4.69) is 10.2 Å². The summed E-state index contributed by atoms with van der Waals surface area (Å²) in [5.74, 6) is -0.423. The molecule has 0 unspecified atom stereocenters. The number of nitrogens with zero attached hydrogens (tertiary/aromatic N) is 4. The van der Waals surface area contributed by atoms with Crippen molar-refractivity contribution in [2.75, 3.05) is 6.61 Å². The molecular formula is C12H15ClN4O2. The second kappa shape index (κ2) is 5.44. The third-order valence-corrected chi connectivity index (χ3v) is 3.24. The molecule has 0 atom stereocenters. The van der Waals surface area contributed by atoms with Gasteiger partial charge in [0.15, 0.2) is 5.69 Å². The molecule has 2 rings (SSSR count). The van der Waals surface area contributed by atoms with Crippen molar-refractivity contribution >= 4 is 17.6 Å². The van der Waals surface area contributed by atoms with Gasteiger partial charge in [0.2, 0.25) is 0 Å². The van der Waals surface area contributed by atoms with Crippen molar-refractivity contribution in [2.24, 2.45) is 0 Å². The van der Waals surface area contributed by atoms with Crippen molar-refractivity contribution in [3.63, 3.8) is 0 Å². The molecule has 0 bridgehead atoms. The Labute approximate surface area is 115 Å². The second-order valence-corrected chi connectivity index (χ2v) is 4.46. The van der Waals surface area contributed by atoms with Crippen LogP contribution in [-0.2, 0) is 11.4 Å². The van der Waals surface area contributed by atoms with E-state index in [4.69, 9.17) is 16.3 Å². The minimum absolute atomic E-state index is 0.287. The minimum Gasteiger partial charge on any atom is -0.461 e. The largest absolute Gasteiger partial charge is 0.461 e. The highest BCUT2D eigenvalue weighted by atomic mass is 35.5. The first-order valence-corrected chi connectivity index (χ1v) is 6.30. The van der Waals surface area contributed by atoms with Crippen molar-refractivity contribution < 1.29 is 9.53 Å². The molecule has 0 saturated carbocycles. The van der Waals surface area contributed by atoms with E-state index < -0.39 is 5.97 Å². The maximum atomic E-state index is 11.5. The fourth-order valence-corrected chi connectivity index (χ4v) is 1.84. The van der Waals surface area contributed by atoms with E-state index >= 15 is 0 Å². The summed E-state index contributed by atoms with van der Waals surface area (Å²) in [4.78, 5) is 11.5. The summed E-state index contributed by atoms with van der Waals surface area (Å²) in [5, 5.41) is 9.10. The Morgan fingerprint density at radius 3 is 2.74 bits per heavy atom. The van der Waals surface area contributed by atoms with Gasteiger partial charge in [-0.25, -0.2) is 9.48 Å². The zero-order valence-corrected chi connectivity index (χ0v) is 11.8. The Kier molecular flexibility index (Phi) is 3.90. The van der Waals surface area contributed by atoms with Crippen LogP contribution in [0.3, 0.4) is 0 Å². The summed E-state index contributed by atoms with van der Waals surface area (Å²) in [6.45, 7) is 6.22. The Bertz CT molecular complexity index is 603. The van der Waals surface area contributed by atoms with E-state index in [1.807, 2.05) is 13.8 Å². The molecular weight excluding hydrogens is 268 g/mol. The normalized spacial score (nSPS) is 10.7. The molecule has 2 aromatic heterocycles. The first-order valence-electron chi connectivity index (χ1n) is 5.93. The van der Waals surface area contributed by atoms with Gasteiger partial charge in [0.25, 0.3) is 0 Å². The average Bonchev–Trinajstić information content (AvgIpc) is 2.92. The summed E-state index contributed by atoms with van der Waals surface area (Å²) in [6, 6.07) is 1.62. The maximum Gasteiger partial charge on any atom is 0.358 e. The number of carbonyl (C=O) groups is 1. The van der Waals surface area contributed by atoms with Gasteiger partial charge in [-0.15, -0.1) is 0 Å². The highest BCUT2D eigenvalue weighted by Crippen LogP contribution is 2.18. The van der Waals surface area contributed by atoms with Crippen LogP contribution in [0.4, 0.5) is 0 Å². The zero-order chi connectivity index (χ0) is 14.0. The SMILES string of the molecule is CCOC(=O)c1ccn(Cn2nc(C)c(Cl)c2C)n1. The van der Waals surface area contributed by atoms with Crippen LogP contribution in [0.25, 0.3) is 0 Å². The fourth-order valence-electron chi connectivity index (χ4n) is 1.70. The Morgan fingerprint density at radius 2 is 2.16 bits per heavy atom. The predicted octanol–water partition coefficient (Wildman–Crippen LogP) is 2.03. The Morgan fingerprint density at radius 1 is 1.42 bits per heavy atom. The summed E-state index contributed by atoms with van der Waals surface area (Å²) < 4.78 is 8.23. The van der Waals surface area contributed by atoms with Gasteiger partial charge in [-0.05, 0) is 26.8 Å². The van der Waals surface area contributed by atoms with Crippen LogP contribution < -0.4 is 0 Å². The third-order valence-electron chi connectivity index (χ3n) is 2.70. The molecule has 2 heterocycles. The molecule has 0 N–H and O–H groups in total. The van der Waals surface area contributed by atoms with Crippen LogP contribution in [0.1, 0.15) is 28.8 Å². The van der Waals surface area contributed by atoms with E-state index in [-0.39, 0.29) is 5.69 Å². The van der Waals surface area contributed by atoms with Gasteiger partial charge in [0.05, 0.1) is 23.0 Å². The number of hydrogen-bond donors (Lipinski definition) is 0. The standard InChI is InChI=1S/C12H15ClN4O2/c1-4-19-12(18)10-5-6-16(15-10)7-17-9(3)11(13)8(2)14-17/h5-6H,4,7H2,1-3H3. The predicted molar refractivity (Wildman–Crippen MR) is 70.3 cm³/mol. The van der Waals surface area contributed by atoms with Crippen LogP contribution in [0, 0.1) is 13.8 Å². The van der Waals surface area contributed by atoms with Gasteiger partial charge in [-0.2, -0.15) is 10.2 Å². The first kappa shape index (κ1) is 13.6. The van der Waals surface area contributed by atoms with E-state index in [0.29, 0.717) is 18.3 Å². The van der Waals surface area contributed by atoms with E-state index in [1.54, 1.807) is 28.6 Å². The molecule has 0 aliphatic carbocycles. The molecule has 0 radical (unpaired) electrons. The van der Waals surface area contributed by atoms with Crippen molar-refractivity contribution in [1.29, 1.82) is 0 Å². The van der Waals surface area contributed by atoms with Crippen LogP contribution >= 0.6 is 11.6 Å². The third kappa shape index (κ3) is 2.78. The molecule has 102 valence electrons. The molecule has 7 heteroatoms. The molecule has 0 aliphatic rings. The first-order chi connectivity index (χ1) is 9.02. The molecule has 2 aromatic rings. The summed E-state index contributed by atoms with van der Waals surface area (Å²) in [6.07, 6.45) is 1.70. The number of halogens is 1. The van der Waals surface area contributed by atoms with Gasteiger partial charge < -0.3 is 4.74 Å². The smallest absolute Gasteiger partial charge is 0.358 e. The lowest BCUT2D eigenvalue weighted by atomic mass is 10.4. The number of ether oxygens (including phenoxy) is 1. The highest BCUT2D eigenvalue weighted by Gasteiger charge is 2.12. The second-order valence-electron chi connectivity index (χ2n) is 4.09. The lowest BCUT2D eigenvalue weighted by Gasteiger charge is -2.04. The quantitative estimate of drug-likeness (QED) is 0.805. The van der Waals surface area contributed by atoms with Gasteiger partial charge in [0, 0.05) is 6.20 Å². The minimum atomic E-state index is -0.423. The Hall–Kier alpha value is -1.82. The number of rotatable bonds is 4. The molecule has 0 aromatic carbocycles. The lowest BCUT2D eigenvalue weighted by Crippen LogP contribution is -2.13. The van der Waals surface area contributed by atoms with Crippen LogP contribution in [-0.4, -0.2) is 32.1 Å². The zero-order valence-electron chi connectivity index (χ0n) is 11.1. The number of aromatic nitrogens is 4. The number of hydrogen-bond acceptors (Lipinski definition) is 4. The van der Waals surface area contributed by atoms with E-state index in [1.165, 1.54) is 0 Å². The summed E-state index contributed by atoms with van der Waals surface area (Å²) in [7, 11) is 0. The highest BCUT2D eigenvalue weighted by molar-refractivity contribution is 6.31. The van der Waals surface area contributed by atoms with Gasteiger partial charge in [-0.1, -0.05) is 11.6 Å². The molecule has 0 saturated heterocycles. The van der Waals surface area contributed by atoms with Crippen molar-refractivity contribution in [2.45, 2.75) is 27.4 Å². The molecule has 0 aliphatic heterocycles. The summed E-state index contributed by atoms with van der Waals surface area (Å²) >= 11 is 6.07. The topological polar surface area (TPSA) is 61.9 Å². The molecule has 0 amide bonds. The number of aryl methyl sites for hydroxylation is 1. The number of esters is 1. The molecule has 0 fully saturated rings. The van der Waals surface area contributed by atoms with Crippen molar-refractivity contribution in [3.8, 4) is 0 Å². The van der Waals surface area contributed by atoms with E-state index in [9.17, 15) is 4.79 Å².